The molecule has 0 atom stereocenters. The zero-order chi connectivity index (χ0) is 17.4. The van der Waals surface area contributed by atoms with E-state index in [4.69, 9.17) is 4.74 Å². The van der Waals surface area contributed by atoms with Crippen molar-refractivity contribution in [1.82, 2.24) is 4.90 Å². The van der Waals surface area contributed by atoms with E-state index in [1.807, 2.05) is 25.8 Å². The Kier molecular flexibility index (Phi) is 8.78. The molecule has 0 aliphatic carbocycles. The van der Waals surface area contributed by atoms with Gasteiger partial charge in [-0.2, -0.15) is 0 Å². The minimum atomic E-state index is -0.385. The van der Waals surface area contributed by atoms with Crippen LogP contribution < -0.4 is 0 Å². The summed E-state index contributed by atoms with van der Waals surface area (Å²) >= 11 is 0. The highest BCUT2D eigenvalue weighted by atomic mass is 16.5. The van der Waals surface area contributed by atoms with Crippen molar-refractivity contribution in [3.05, 3.63) is 0 Å². The maximum Gasteiger partial charge on any atom is 0.228 e. The minimum absolute atomic E-state index is 0.190. The van der Waals surface area contributed by atoms with Crippen molar-refractivity contribution in [2.45, 2.75) is 73.3 Å². The second-order valence-corrected chi connectivity index (χ2v) is 7.62. The summed E-state index contributed by atoms with van der Waals surface area (Å²) in [5.41, 5.74) is -0.653. The summed E-state index contributed by atoms with van der Waals surface area (Å²) in [5, 5.41) is 0. The Labute approximate surface area is 137 Å². The molecule has 0 fully saturated rings. The van der Waals surface area contributed by atoms with Crippen LogP contribution in [0.1, 0.15) is 67.7 Å². The van der Waals surface area contributed by atoms with Crippen molar-refractivity contribution >= 4 is 5.91 Å². The highest BCUT2D eigenvalue weighted by Gasteiger charge is 2.30. The first-order valence-corrected chi connectivity index (χ1v) is 8.40. The van der Waals surface area contributed by atoms with Gasteiger partial charge in [-0.1, -0.05) is 34.6 Å². The molecule has 0 saturated heterocycles. The third kappa shape index (κ3) is 8.44. The molecular formula is C19H35NO2. The van der Waals surface area contributed by atoms with E-state index in [0.29, 0.717) is 12.5 Å². The maximum absolute atomic E-state index is 12.4. The molecule has 0 aliphatic heterocycles. The third-order valence-electron chi connectivity index (χ3n) is 3.61. The Bertz CT molecular complexity index is 399. The first kappa shape index (κ1) is 21.0. The average Bonchev–Trinajstić information content (AvgIpc) is 2.36. The predicted molar refractivity (Wildman–Crippen MR) is 93.6 cm³/mol. The van der Waals surface area contributed by atoms with E-state index in [1.165, 1.54) is 0 Å². The Balaban J connectivity index is 4.37. The molecule has 0 radical (unpaired) electrons. The van der Waals surface area contributed by atoms with Crippen molar-refractivity contribution in [3.63, 3.8) is 0 Å². The van der Waals surface area contributed by atoms with E-state index in [-0.39, 0.29) is 16.9 Å². The number of carbonyl (C=O) groups excluding carboxylic acids is 1. The first-order chi connectivity index (χ1) is 10.0. The highest BCUT2D eigenvalue weighted by molar-refractivity contribution is 5.81. The molecule has 128 valence electrons. The van der Waals surface area contributed by atoms with Crippen LogP contribution in [0.5, 0.6) is 0 Å². The molecule has 0 unspecified atom stereocenters. The number of ether oxygens (including phenoxy) is 1. The molecule has 0 aromatic carbocycles. The third-order valence-corrected chi connectivity index (χ3v) is 3.61. The van der Waals surface area contributed by atoms with Gasteiger partial charge in [-0.3, -0.25) is 4.79 Å². The highest BCUT2D eigenvalue weighted by Crippen LogP contribution is 2.25. The largest absolute Gasteiger partial charge is 0.375 e. The zero-order valence-corrected chi connectivity index (χ0v) is 15.9. The van der Waals surface area contributed by atoms with Gasteiger partial charge in [0, 0.05) is 38.0 Å². The van der Waals surface area contributed by atoms with E-state index in [2.05, 4.69) is 46.5 Å². The molecule has 0 aromatic heterocycles. The molecule has 0 bridgehead atoms. The molecule has 0 saturated carbocycles. The van der Waals surface area contributed by atoms with Crippen molar-refractivity contribution in [2.24, 2.45) is 11.3 Å². The Hall–Kier alpha value is -1.01. The second kappa shape index (κ2) is 9.20. The van der Waals surface area contributed by atoms with Gasteiger partial charge in [-0.15, -0.1) is 11.8 Å². The quantitative estimate of drug-likeness (QED) is 0.631. The van der Waals surface area contributed by atoms with Crippen LogP contribution >= 0.6 is 0 Å². The molecule has 0 rings (SSSR count). The summed E-state index contributed by atoms with van der Waals surface area (Å²) in [7, 11) is 1.87. The molecule has 3 heteroatoms. The van der Waals surface area contributed by atoms with Gasteiger partial charge < -0.3 is 9.64 Å². The fourth-order valence-electron chi connectivity index (χ4n) is 2.16. The number of rotatable bonds is 8. The van der Waals surface area contributed by atoms with Gasteiger partial charge in [-0.25, -0.2) is 0 Å². The number of nitrogens with zero attached hydrogens (tertiary/aromatic N) is 1. The lowest BCUT2D eigenvalue weighted by Gasteiger charge is -2.31. The second-order valence-electron chi connectivity index (χ2n) is 7.62. The Morgan fingerprint density at radius 1 is 1.23 bits per heavy atom. The molecule has 3 nitrogen and oxygen atoms in total. The van der Waals surface area contributed by atoms with Crippen LogP contribution in [0.15, 0.2) is 0 Å². The van der Waals surface area contributed by atoms with Crippen LogP contribution in [0.4, 0.5) is 0 Å². The van der Waals surface area contributed by atoms with Gasteiger partial charge in [0.05, 0.1) is 5.60 Å². The SMILES string of the molecule is CCCN(C)C(=O)C(C)(C)CCOC(C)(C)CC#CC(C)C. The topological polar surface area (TPSA) is 29.5 Å². The van der Waals surface area contributed by atoms with E-state index < -0.39 is 0 Å². The number of hydrogen-bond acceptors (Lipinski definition) is 2. The summed E-state index contributed by atoms with van der Waals surface area (Å²) in [6, 6.07) is 0. The standard InChI is InChI=1S/C19H35NO2/c1-9-14-20(8)17(21)18(4,5)13-15-22-19(6,7)12-10-11-16(2)3/h16H,9,12-15H2,1-8H3. The van der Waals surface area contributed by atoms with Crippen LogP contribution in [0.3, 0.4) is 0 Å². The van der Waals surface area contributed by atoms with Gasteiger partial charge in [-0.05, 0) is 26.7 Å². The predicted octanol–water partition coefficient (Wildman–Crippen LogP) is 4.12. The Morgan fingerprint density at radius 3 is 2.32 bits per heavy atom. The molecule has 0 heterocycles. The first-order valence-electron chi connectivity index (χ1n) is 8.40. The van der Waals surface area contributed by atoms with E-state index in [9.17, 15) is 4.79 Å². The molecule has 0 aliphatic rings. The van der Waals surface area contributed by atoms with Gasteiger partial charge >= 0.3 is 0 Å². The molecule has 1 amide bonds. The number of amides is 1. The van der Waals surface area contributed by atoms with Gasteiger partial charge in [0.15, 0.2) is 0 Å². The summed E-state index contributed by atoms with van der Waals surface area (Å²) in [5.74, 6) is 6.93. The molecule has 22 heavy (non-hydrogen) atoms. The lowest BCUT2D eigenvalue weighted by atomic mass is 9.88. The fraction of sp³-hybridized carbons (Fsp3) is 0.842. The number of hydrogen-bond donors (Lipinski definition) is 0. The van der Waals surface area contributed by atoms with E-state index in [1.54, 1.807) is 0 Å². The maximum atomic E-state index is 12.4. The van der Waals surface area contributed by atoms with Crippen molar-refractivity contribution in [2.75, 3.05) is 20.2 Å². The van der Waals surface area contributed by atoms with Crippen molar-refractivity contribution < 1.29 is 9.53 Å². The van der Waals surface area contributed by atoms with E-state index in [0.717, 1.165) is 25.8 Å². The molecule has 0 aromatic rings. The smallest absolute Gasteiger partial charge is 0.228 e. The monoisotopic (exact) mass is 309 g/mol. The van der Waals surface area contributed by atoms with Gasteiger partial charge in [0.25, 0.3) is 0 Å². The minimum Gasteiger partial charge on any atom is -0.375 e. The van der Waals surface area contributed by atoms with Crippen LogP contribution in [0, 0.1) is 23.2 Å². The van der Waals surface area contributed by atoms with Gasteiger partial charge in [0.2, 0.25) is 5.91 Å². The van der Waals surface area contributed by atoms with Crippen LogP contribution in [-0.2, 0) is 9.53 Å². The summed E-state index contributed by atoms with van der Waals surface area (Å²) < 4.78 is 5.96. The summed E-state index contributed by atoms with van der Waals surface area (Å²) in [6.45, 7) is 15.7. The van der Waals surface area contributed by atoms with Crippen molar-refractivity contribution in [1.29, 1.82) is 0 Å². The number of carbonyl (C=O) groups is 1. The molecule has 0 N–H and O–H groups in total. The van der Waals surface area contributed by atoms with Crippen LogP contribution in [0.25, 0.3) is 0 Å². The normalized spacial score (nSPS) is 12.0. The average molecular weight is 309 g/mol. The summed E-state index contributed by atoms with van der Waals surface area (Å²) in [6.07, 6.45) is 2.42. The van der Waals surface area contributed by atoms with Crippen LogP contribution in [0.2, 0.25) is 0 Å². The van der Waals surface area contributed by atoms with E-state index >= 15 is 0 Å². The van der Waals surface area contributed by atoms with Gasteiger partial charge in [0.1, 0.15) is 0 Å². The van der Waals surface area contributed by atoms with Crippen molar-refractivity contribution in [3.8, 4) is 11.8 Å². The zero-order valence-electron chi connectivity index (χ0n) is 15.9. The fourth-order valence-corrected chi connectivity index (χ4v) is 2.16. The van der Waals surface area contributed by atoms with Crippen LogP contribution in [-0.4, -0.2) is 36.6 Å². The Morgan fingerprint density at radius 2 is 1.82 bits per heavy atom. The molecule has 0 spiro atoms. The summed E-state index contributed by atoms with van der Waals surface area (Å²) in [4.78, 5) is 14.2. The lowest BCUT2D eigenvalue weighted by Crippen LogP contribution is -2.40. The molecular weight excluding hydrogens is 274 g/mol. The lowest BCUT2D eigenvalue weighted by molar-refractivity contribution is -0.141.